The summed E-state index contributed by atoms with van der Waals surface area (Å²) in [7, 11) is 2.12. The average Bonchev–Trinajstić information content (AvgIpc) is 2.38. The molecule has 0 aliphatic heterocycles. The molecule has 2 heteroatoms. The molecule has 4 saturated carbocycles. The van der Waals surface area contributed by atoms with E-state index in [0.717, 1.165) is 11.8 Å². The maximum atomic E-state index is 4.39. The highest BCUT2D eigenvalue weighted by Crippen LogP contribution is 2.65. The predicted octanol–water partition coefficient (Wildman–Crippen LogP) is 3.14. The Bertz CT molecular complexity index is 453. The van der Waals surface area contributed by atoms with E-state index in [-0.39, 0.29) is 0 Å². The molecule has 1 N–H and O–H groups in total. The van der Waals surface area contributed by atoms with E-state index in [2.05, 4.69) is 35.7 Å². The lowest BCUT2D eigenvalue weighted by Gasteiger charge is -2.62. The Morgan fingerprint density at radius 2 is 2.05 bits per heavy atom. The third-order valence-electron chi connectivity index (χ3n) is 6.01. The third kappa shape index (κ3) is 1.76. The van der Waals surface area contributed by atoms with E-state index in [4.69, 9.17) is 0 Å². The van der Waals surface area contributed by atoms with Gasteiger partial charge in [0, 0.05) is 18.9 Å². The van der Waals surface area contributed by atoms with Crippen LogP contribution in [0.2, 0.25) is 0 Å². The average molecular weight is 256 g/mol. The van der Waals surface area contributed by atoms with Crippen LogP contribution in [-0.4, -0.2) is 18.6 Å². The molecule has 4 aliphatic rings. The van der Waals surface area contributed by atoms with Crippen LogP contribution < -0.4 is 5.32 Å². The van der Waals surface area contributed by atoms with Crippen LogP contribution in [0.4, 0.5) is 0 Å². The van der Waals surface area contributed by atoms with Crippen LogP contribution in [0.25, 0.3) is 0 Å². The van der Waals surface area contributed by atoms with Gasteiger partial charge in [0.2, 0.25) is 0 Å². The maximum absolute atomic E-state index is 4.39. The highest BCUT2D eigenvalue weighted by molar-refractivity contribution is 5.28. The molecule has 0 saturated heterocycles. The lowest BCUT2D eigenvalue weighted by atomic mass is 9.43. The molecule has 2 unspecified atom stereocenters. The Labute approximate surface area is 116 Å². The van der Waals surface area contributed by atoms with Crippen LogP contribution in [0, 0.1) is 17.3 Å². The van der Waals surface area contributed by atoms with Crippen LogP contribution in [0.5, 0.6) is 0 Å². The first-order valence-electron chi connectivity index (χ1n) is 7.79. The van der Waals surface area contributed by atoms with E-state index < -0.39 is 0 Å². The molecule has 5 rings (SSSR count). The van der Waals surface area contributed by atoms with Gasteiger partial charge in [-0.15, -0.1) is 0 Å². The van der Waals surface area contributed by atoms with Gasteiger partial charge in [-0.2, -0.15) is 0 Å². The number of rotatable bonds is 3. The zero-order valence-electron chi connectivity index (χ0n) is 11.9. The first-order valence-corrected chi connectivity index (χ1v) is 7.79. The molecule has 1 heterocycles. The summed E-state index contributed by atoms with van der Waals surface area (Å²) in [6.45, 7) is 1.21. The van der Waals surface area contributed by atoms with Crippen LogP contribution >= 0.6 is 0 Å². The van der Waals surface area contributed by atoms with Gasteiger partial charge in [0.05, 0.1) is 0 Å². The molecule has 0 radical (unpaired) electrons. The van der Waals surface area contributed by atoms with Crippen molar-refractivity contribution in [3.8, 4) is 0 Å². The Hall–Kier alpha value is -0.890. The van der Waals surface area contributed by atoms with Crippen LogP contribution in [0.1, 0.15) is 44.1 Å². The van der Waals surface area contributed by atoms with E-state index in [0.29, 0.717) is 10.8 Å². The van der Waals surface area contributed by atoms with Crippen molar-refractivity contribution in [2.45, 2.75) is 43.9 Å². The standard InChI is InChI=1S/C17H24N2/c1-18-12-16-6-13-5-14(7-16)9-17(8-13,11-16)15-3-2-4-19-10-15/h2-4,10,13-14,18H,5-9,11-12H2,1H3. The van der Waals surface area contributed by atoms with Crippen molar-refractivity contribution in [2.24, 2.45) is 17.3 Å². The van der Waals surface area contributed by atoms with E-state index in [1.165, 1.54) is 50.6 Å². The van der Waals surface area contributed by atoms with E-state index in [1.54, 1.807) is 0 Å². The van der Waals surface area contributed by atoms with Crippen molar-refractivity contribution in [3.63, 3.8) is 0 Å². The molecular formula is C17H24N2. The second-order valence-corrected chi connectivity index (χ2v) is 7.51. The topological polar surface area (TPSA) is 24.9 Å². The van der Waals surface area contributed by atoms with Crippen LogP contribution in [0.3, 0.4) is 0 Å². The fourth-order valence-electron chi connectivity index (χ4n) is 6.05. The molecule has 0 spiro atoms. The molecule has 4 fully saturated rings. The van der Waals surface area contributed by atoms with Gasteiger partial charge in [-0.25, -0.2) is 0 Å². The number of hydrogen-bond acceptors (Lipinski definition) is 2. The SMILES string of the molecule is CNCC12CC3CC(C1)CC(c1cccnc1)(C3)C2. The lowest BCUT2D eigenvalue weighted by Crippen LogP contribution is -2.56. The van der Waals surface area contributed by atoms with Gasteiger partial charge in [-0.05, 0) is 79.9 Å². The summed E-state index contributed by atoms with van der Waals surface area (Å²) >= 11 is 0. The summed E-state index contributed by atoms with van der Waals surface area (Å²) in [5.74, 6) is 1.93. The first-order chi connectivity index (χ1) is 9.24. The molecular weight excluding hydrogens is 232 g/mol. The van der Waals surface area contributed by atoms with E-state index in [9.17, 15) is 0 Å². The van der Waals surface area contributed by atoms with Gasteiger partial charge < -0.3 is 5.32 Å². The minimum absolute atomic E-state index is 0.454. The van der Waals surface area contributed by atoms with Gasteiger partial charge >= 0.3 is 0 Å². The van der Waals surface area contributed by atoms with Gasteiger partial charge in [0.25, 0.3) is 0 Å². The van der Waals surface area contributed by atoms with Crippen molar-refractivity contribution in [1.29, 1.82) is 0 Å². The smallest absolute Gasteiger partial charge is 0.0305 e. The minimum Gasteiger partial charge on any atom is -0.319 e. The van der Waals surface area contributed by atoms with E-state index >= 15 is 0 Å². The highest BCUT2D eigenvalue weighted by atomic mass is 14.8. The molecule has 1 aromatic rings. The lowest BCUT2D eigenvalue weighted by molar-refractivity contribution is -0.0700. The van der Waals surface area contributed by atoms with Gasteiger partial charge in [-0.1, -0.05) is 6.07 Å². The predicted molar refractivity (Wildman–Crippen MR) is 77.0 cm³/mol. The Balaban J connectivity index is 1.74. The van der Waals surface area contributed by atoms with Gasteiger partial charge in [-0.3, -0.25) is 4.98 Å². The fourth-order valence-corrected chi connectivity index (χ4v) is 6.05. The highest BCUT2D eigenvalue weighted by Gasteiger charge is 2.57. The fraction of sp³-hybridized carbons (Fsp3) is 0.706. The molecule has 1 aromatic heterocycles. The maximum Gasteiger partial charge on any atom is 0.0305 e. The number of hydrogen-bond donors (Lipinski definition) is 1. The van der Waals surface area contributed by atoms with Crippen molar-refractivity contribution < 1.29 is 0 Å². The largest absolute Gasteiger partial charge is 0.319 e. The quantitative estimate of drug-likeness (QED) is 0.898. The van der Waals surface area contributed by atoms with Crippen molar-refractivity contribution in [3.05, 3.63) is 30.1 Å². The normalized spacial score (nSPS) is 43.6. The van der Waals surface area contributed by atoms with Gasteiger partial charge in [0.15, 0.2) is 0 Å². The monoisotopic (exact) mass is 256 g/mol. The van der Waals surface area contributed by atoms with Crippen molar-refractivity contribution >= 4 is 0 Å². The Kier molecular flexibility index (Phi) is 2.54. The van der Waals surface area contributed by atoms with Crippen molar-refractivity contribution in [2.75, 3.05) is 13.6 Å². The first kappa shape index (κ1) is 11.9. The Morgan fingerprint density at radius 3 is 2.68 bits per heavy atom. The molecule has 102 valence electrons. The summed E-state index contributed by atoms with van der Waals surface area (Å²) in [5, 5.41) is 3.48. The molecule has 0 aromatic carbocycles. The third-order valence-corrected chi connectivity index (χ3v) is 6.01. The zero-order valence-corrected chi connectivity index (χ0v) is 11.9. The second-order valence-electron chi connectivity index (χ2n) is 7.51. The molecule has 4 aliphatic carbocycles. The zero-order chi connectivity index (χ0) is 12.9. The Morgan fingerprint density at radius 1 is 1.26 bits per heavy atom. The number of nitrogens with one attached hydrogen (secondary N) is 1. The molecule has 19 heavy (non-hydrogen) atoms. The van der Waals surface area contributed by atoms with Crippen LogP contribution in [0.15, 0.2) is 24.5 Å². The summed E-state index contributed by atoms with van der Waals surface area (Å²) in [6.07, 6.45) is 12.7. The molecule has 2 nitrogen and oxygen atoms in total. The molecule has 0 amide bonds. The van der Waals surface area contributed by atoms with Crippen LogP contribution in [-0.2, 0) is 5.41 Å². The number of nitrogens with zero attached hydrogens (tertiary/aromatic N) is 1. The minimum atomic E-state index is 0.454. The second kappa shape index (κ2) is 4.05. The molecule has 4 bridgehead atoms. The number of aromatic nitrogens is 1. The van der Waals surface area contributed by atoms with Crippen molar-refractivity contribution in [1.82, 2.24) is 10.3 Å². The van der Waals surface area contributed by atoms with Gasteiger partial charge in [0.1, 0.15) is 0 Å². The summed E-state index contributed by atoms with van der Waals surface area (Å²) < 4.78 is 0. The molecule has 2 atom stereocenters. The summed E-state index contributed by atoms with van der Waals surface area (Å²) in [5.41, 5.74) is 2.55. The van der Waals surface area contributed by atoms with E-state index in [1.807, 2.05) is 6.20 Å². The summed E-state index contributed by atoms with van der Waals surface area (Å²) in [4.78, 5) is 4.39. The number of pyridine rings is 1. The summed E-state index contributed by atoms with van der Waals surface area (Å²) in [6, 6.07) is 4.45.